The molecule has 41 heavy (non-hydrogen) atoms. The third kappa shape index (κ3) is 8.73. The standard InChI is InChI=1S/C34H39NO4.CH4O/c1-6-37-26(5)17-29-21-35(20-25(29)4)34(36)31-18-30(24(2)3)32(38-22-27-13-9-7-10-14-27)19-33(31)39-23-28-15-11-8-12-16-28;1-2/h7-19,24H,6,20-23H2,1-5H3;2H,1H3/b26-17+;. The molecule has 6 heteroatoms. The van der Waals surface area contributed by atoms with Gasteiger partial charge in [0.1, 0.15) is 24.7 Å². The first-order chi connectivity index (χ1) is 19.9. The number of ether oxygens (including phenoxy) is 3. The van der Waals surface area contributed by atoms with Gasteiger partial charge in [-0.15, -0.1) is 0 Å². The van der Waals surface area contributed by atoms with Crippen molar-refractivity contribution in [2.75, 3.05) is 26.8 Å². The minimum Gasteiger partial charge on any atom is -0.499 e. The zero-order valence-electron chi connectivity index (χ0n) is 25.1. The van der Waals surface area contributed by atoms with Crippen molar-refractivity contribution in [1.29, 1.82) is 0 Å². The van der Waals surface area contributed by atoms with Crippen LogP contribution in [0.2, 0.25) is 0 Å². The van der Waals surface area contributed by atoms with E-state index in [2.05, 4.69) is 20.8 Å². The SMILES string of the molecule is CCO/C(C)=C/C1=C(C)CN(C(=O)c2cc(C(C)C)c(OCc3ccccc3)cc2OCc2ccccc2)C1.CO. The number of aliphatic hydroxyl groups is 1. The Morgan fingerprint density at radius 2 is 1.46 bits per heavy atom. The molecule has 0 saturated carbocycles. The van der Waals surface area contributed by atoms with E-state index in [1.807, 2.05) is 97.6 Å². The molecule has 1 amide bonds. The first-order valence-corrected chi connectivity index (χ1v) is 14.1. The van der Waals surface area contributed by atoms with Gasteiger partial charge in [-0.2, -0.15) is 0 Å². The summed E-state index contributed by atoms with van der Waals surface area (Å²) >= 11 is 0. The highest BCUT2D eigenvalue weighted by Crippen LogP contribution is 2.36. The molecule has 0 saturated heterocycles. The highest BCUT2D eigenvalue weighted by molar-refractivity contribution is 5.98. The maximum absolute atomic E-state index is 14.0. The average molecular weight is 558 g/mol. The average Bonchev–Trinajstić information content (AvgIpc) is 3.36. The van der Waals surface area contributed by atoms with Crippen LogP contribution in [0.4, 0.5) is 0 Å². The van der Waals surface area contributed by atoms with Crippen LogP contribution in [0.15, 0.2) is 95.8 Å². The summed E-state index contributed by atoms with van der Waals surface area (Å²) in [5.74, 6) is 2.24. The fraction of sp³-hybridized carbons (Fsp3) is 0.343. The molecule has 0 aromatic heterocycles. The van der Waals surface area contributed by atoms with Crippen molar-refractivity contribution >= 4 is 5.91 Å². The van der Waals surface area contributed by atoms with Gasteiger partial charge < -0.3 is 24.2 Å². The summed E-state index contributed by atoms with van der Waals surface area (Å²) in [7, 11) is 1.00. The van der Waals surface area contributed by atoms with Crippen LogP contribution >= 0.6 is 0 Å². The van der Waals surface area contributed by atoms with Crippen molar-refractivity contribution < 1.29 is 24.1 Å². The zero-order valence-corrected chi connectivity index (χ0v) is 25.1. The molecular weight excluding hydrogens is 514 g/mol. The first kappa shape index (κ1) is 31.5. The molecular formula is C35H43NO5. The minimum absolute atomic E-state index is 0.0496. The van der Waals surface area contributed by atoms with Gasteiger partial charge in [-0.1, -0.05) is 74.5 Å². The lowest BCUT2D eigenvalue weighted by Crippen LogP contribution is -2.30. The Morgan fingerprint density at radius 3 is 2.00 bits per heavy atom. The van der Waals surface area contributed by atoms with Gasteiger partial charge in [0.2, 0.25) is 0 Å². The number of carbonyl (C=O) groups excluding carboxylic acids is 1. The summed E-state index contributed by atoms with van der Waals surface area (Å²) in [4.78, 5) is 15.8. The Bertz CT molecular complexity index is 1330. The van der Waals surface area contributed by atoms with Gasteiger partial charge in [0.15, 0.2) is 0 Å². The summed E-state index contributed by atoms with van der Waals surface area (Å²) < 4.78 is 18.2. The van der Waals surface area contributed by atoms with Crippen LogP contribution in [0.1, 0.15) is 67.6 Å². The highest BCUT2D eigenvalue weighted by atomic mass is 16.5. The Balaban J connectivity index is 0.00000226. The van der Waals surface area contributed by atoms with E-state index in [4.69, 9.17) is 19.3 Å². The summed E-state index contributed by atoms with van der Waals surface area (Å²) in [5, 5.41) is 7.00. The maximum atomic E-state index is 14.0. The molecule has 3 aromatic carbocycles. The van der Waals surface area contributed by atoms with Gasteiger partial charge >= 0.3 is 0 Å². The fourth-order valence-corrected chi connectivity index (χ4v) is 4.69. The van der Waals surface area contributed by atoms with E-state index in [0.717, 1.165) is 40.9 Å². The normalized spacial score (nSPS) is 13.2. The lowest BCUT2D eigenvalue weighted by molar-refractivity contribution is 0.0791. The van der Waals surface area contributed by atoms with E-state index in [0.29, 0.717) is 44.2 Å². The van der Waals surface area contributed by atoms with E-state index in [1.165, 1.54) is 5.57 Å². The zero-order chi connectivity index (χ0) is 29.8. The van der Waals surface area contributed by atoms with Gasteiger partial charge in [-0.05, 0) is 66.7 Å². The molecule has 0 unspecified atom stereocenters. The van der Waals surface area contributed by atoms with Crippen LogP contribution < -0.4 is 9.47 Å². The second-order valence-corrected chi connectivity index (χ2v) is 10.2. The molecule has 0 radical (unpaired) electrons. The Labute approximate surface area is 244 Å². The predicted molar refractivity (Wildman–Crippen MR) is 164 cm³/mol. The molecule has 0 bridgehead atoms. The third-order valence-corrected chi connectivity index (χ3v) is 6.81. The van der Waals surface area contributed by atoms with Gasteiger partial charge in [0.05, 0.1) is 17.9 Å². The summed E-state index contributed by atoms with van der Waals surface area (Å²) in [5.41, 5.74) is 5.95. The van der Waals surface area contributed by atoms with Crippen molar-refractivity contribution in [2.45, 2.75) is 53.8 Å². The number of carbonyl (C=O) groups is 1. The Morgan fingerprint density at radius 1 is 0.902 bits per heavy atom. The number of rotatable bonds is 11. The van der Waals surface area contributed by atoms with Crippen molar-refractivity contribution in [3.8, 4) is 11.5 Å². The monoisotopic (exact) mass is 557 g/mol. The van der Waals surface area contributed by atoms with Crippen LogP contribution in [0, 0.1) is 0 Å². The van der Waals surface area contributed by atoms with Crippen molar-refractivity contribution in [3.63, 3.8) is 0 Å². The summed E-state index contributed by atoms with van der Waals surface area (Å²) in [6.07, 6.45) is 2.04. The first-order valence-electron chi connectivity index (χ1n) is 14.1. The topological polar surface area (TPSA) is 68.2 Å². The number of aliphatic hydroxyl groups excluding tert-OH is 1. The quantitative estimate of drug-likeness (QED) is 0.251. The van der Waals surface area contributed by atoms with Gasteiger partial charge in [0, 0.05) is 26.3 Å². The van der Waals surface area contributed by atoms with E-state index in [9.17, 15) is 4.79 Å². The van der Waals surface area contributed by atoms with Crippen molar-refractivity contribution in [3.05, 3.63) is 118 Å². The minimum atomic E-state index is -0.0496. The summed E-state index contributed by atoms with van der Waals surface area (Å²) in [6, 6.07) is 23.9. The van der Waals surface area contributed by atoms with E-state index in [-0.39, 0.29) is 11.8 Å². The number of benzene rings is 3. The lowest BCUT2D eigenvalue weighted by Gasteiger charge is -2.22. The highest BCUT2D eigenvalue weighted by Gasteiger charge is 2.28. The largest absolute Gasteiger partial charge is 0.499 e. The predicted octanol–water partition coefficient (Wildman–Crippen LogP) is 7.29. The van der Waals surface area contributed by atoms with Gasteiger partial charge in [-0.3, -0.25) is 4.79 Å². The molecule has 1 aliphatic heterocycles. The summed E-state index contributed by atoms with van der Waals surface area (Å²) in [6.45, 7) is 12.8. The van der Waals surface area contributed by atoms with Crippen LogP contribution in [0.5, 0.6) is 11.5 Å². The smallest absolute Gasteiger partial charge is 0.258 e. The molecule has 6 nitrogen and oxygen atoms in total. The molecule has 1 heterocycles. The number of nitrogens with zero attached hydrogens (tertiary/aromatic N) is 1. The van der Waals surface area contributed by atoms with Crippen LogP contribution in [0.3, 0.4) is 0 Å². The van der Waals surface area contributed by atoms with Gasteiger partial charge in [0.25, 0.3) is 5.91 Å². The van der Waals surface area contributed by atoms with Crippen LogP contribution in [-0.4, -0.2) is 42.7 Å². The number of amides is 1. The van der Waals surface area contributed by atoms with Crippen LogP contribution in [-0.2, 0) is 18.0 Å². The van der Waals surface area contributed by atoms with E-state index in [1.54, 1.807) is 0 Å². The molecule has 0 aliphatic carbocycles. The van der Waals surface area contributed by atoms with E-state index >= 15 is 0 Å². The lowest BCUT2D eigenvalue weighted by atomic mass is 9.98. The molecule has 3 aromatic rings. The van der Waals surface area contributed by atoms with Gasteiger partial charge in [-0.25, -0.2) is 0 Å². The van der Waals surface area contributed by atoms with E-state index < -0.39 is 0 Å². The third-order valence-electron chi connectivity index (χ3n) is 6.81. The Kier molecular flexibility index (Phi) is 12.0. The molecule has 0 atom stereocenters. The van der Waals surface area contributed by atoms with Crippen molar-refractivity contribution in [2.24, 2.45) is 0 Å². The second-order valence-electron chi connectivity index (χ2n) is 10.2. The molecule has 0 spiro atoms. The molecule has 4 rings (SSSR count). The number of allylic oxidation sites excluding steroid dienone is 1. The number of hydrogen-bond acceptors (Lipinski definition) is 5. The second kappa shape index (κ2) is 15.7. The van der Waals surface area contributed by atoms with Crippen LogP contribution in [0.25, 0.3) is 0 Å². The fourth-order valence-electron chi connectivity index (χ4n) is 4.69. The maximum Gasteiger partial charge on any atom is 0.258 e. The Hall–Kier alpha value is -4.03. The van der Waals surface area contributed by atoms with Crippen molar-refractivity contribution in [1.82, 2.24) is 4.90 Å². The molecule has 1 aliphatic rings. The molecule has 218 valence electrons. The molecule has 0 fully saturated rings. The molecule has 1 N–H and O–H groups in total. The number of hydrogen-bond donors (Lipinski definition) is 1.